The number of hydrogen-bond acceptors (Lipinski definition) is 3. The molecule has 0 amide bonds. The monoisotopic (exact) mass is 362 g/mol. The first-order valence-corrected chi connectivity index (χ1v) is 9.58. The molecule has 0 radical (unpaired) electrons. The Balaban J connectivity index is 1.66. The highest BCUT2D eigenvalue weighted by Gasteiger charge is 2.43. The summed E-state index contributed by atoms with van der Waals surface area (Å²) in [6.45, 7) is 9.26. The lowest BCUT2D eigenvalue weighted by Gasteiger charge is -2.26. The maximum absolute atomic E-state index is 6.73. The van der Waals surface area contributed by atoms with Crippen LogP contribution in [0.5, 0.6) is 0 Å². The molecule has 4 atom stereocenters. The largest absolute Gasteiger partial charge is 0.370 e. The Hall–Kier alpha value is -2.20. The summed E-state index contributed by atoms with van der Waals surface area (Å²) in [6.07, 6.45) is 5.50. The fraction of sp³-hybridized carbons (Fsp3) is 0.333. The lowest BCUT2D eigenvalue weighted by atomic mass is 9.95. The third kappa shape index (κ3) is 4.22. The first kappa shape index (κ1) is 18.2. The lowest BCUT2D eigenvalue weighted by molar-refractivity contribution is -0.0425. The molecule has 0 aliphatic carbocycles. The molecule has 2 heterocycles. The van der Waals surface area contributed by atoms with Crippen LogP contribution >= 0.6 is 0 Å². The Kier molecular flexibility index (Phi) is 5.53. The third-order valence-electron chi connectivity index (χ3n) is 5.14. The lowest BCUT2D eigenvalue weighted by Crippen LogP contribution is -2.21. The van der Waals surface area contributed by atoms with Gasteiger partial charge in [0.25, 0.3) is 0 Å². The van der Waals surface area contributed by atoms with E-state index in [0.29, 0.717) is 0 Å². The number of rotatable bonds is 10. The van der Waals surface area contributed by atoms with Gasteiger partial charge in [-0.2, -0.15) is 0 Å². The summed E-state index contributed by atoms with van der Waals surface area (Å²) < 4.78 is 18.1. The predicted molar refractivity (Wildman–Crippen MR) is 107 cm³/mol. The number of epoxide rings is 2. The van der Waals surface area contributed by atoms with Gasteiger partial charge in [-0.3, -0.25) is 0 Å². The molecular formula is C24H26O3. The van der Waals surface area contributed by atoms with Gasteiger partial charge in [0.2, 0.25) is 0 Å². The Morgan fingerprint density at radius 1 is 0.815 bits per heavy atom. The molecule has 2 saturated heterocycles. The molecule has 2 aromatic carbocycles. The second-order valence-electron chi connectivity index (χ2n) is 7.10. The van der Waals surface area contributed by atoms with Gasteiger partial charge in [0, 0.05) is 0 Å². The molecule has 0 aromatic heterocycles. The van der Waals surface area contributed by atoms with Crippen molar-refractivity contribution in [1.29, 1.82) is 0 Å². The van der Waals surface area contributed by atoms with Gasteiger partial charge in [-0.15, -0.1) is 13.2 Å². The molecule has 4 unspecified atom stereocenters. The van der Waals surface area contributed by atoms with Crippen molar-refractivity contribution >= 4 is 0 Å². The van der Waals surface area contributed by atoms with Crippen LogP contribution in [-0.4, -0.2) is 25.4 Å². The number of ether oxygens (including phenoxy) is 3. The van der Waals surface area contributed by atoms with Gasteiger partial charge >= 0.3 is 0 Å². The van der Waals surface area contributed by atoms with Crippen LogP contribution in [0.25, 0.3) is 0 Å². The summed E-state index contributed by atoms with van der Waals surface area (Å²) in [5, 5.41) is 0. The van der Waals surface area contributed by atoms with Crippen molar-refractivity contribution in [2.24, 2.45) is 0 Å². The van der Waals surface area contributed by atoms with Gasteiger partial charge in [-0.25, -0.2) is 0 Å². The van der Waals surface area contributed by atoms with Crippen molar-refractivity contribution in [2.45, 2.75) is 37.3 Å². The quantitative estimate of drug-likeness (QED) is 0.452. The first-order valence-electron chi connectivity index (χ1n) is 9.58. The average Bonchev–Trinajstić information content (AvgIpc) is 3.58. The smallest absolute Gasteiger partial charge is 0.112 e. The molecule has 2 fully saturated rings. The van der Waals surface area contributed by atoms with Crippen LogP contribution in [0.3, 0.4) is 0 Å². The molecule has 2 aromatic rings. The van der Waals surface area contributed by atoms with E-state index in [2.05, 4.69) is 61.7 Å². The molecule has 140 valence electrons. The third-order valence-corrected chi connectivity index (χ3v) is 5.14. The molecule has 4 rings (SSSR count). The highest BCUT2D eigenvalue weighted by atomic mass is 16.6. The molecule has 2 aliphatic rings. The average molecular weight is 362 g/mol. The van der Waals surface area contributed by atoms with Gasteiger partial charge in [-0.05, 0) is 35.1 Å². The second-order valence-corrected chi connectivity index (χ2v) is 7.10. The summed E-state index contributed by atoms with van der Waals surface area (Å²) in [5.41, 5.74) is 4.85. The molecule has 0 bridgehead atoms. The topological polar surface area (TPSA) is 34.3 Å². The number of benzene rings is 2. The van der Waals surface area contributed by atoms with E-state index in [1.54, 1.807) is 0 Å². The van der Waals surface area contributed by atoms with Crippen molar-refractivity contribution in [2.75, 3.05) is 13.2 Å². The van der Waals surface area contributed by atoms with Crippen molar-refractivity contribution in [3.05, 3.63) is 96.1 Å². The number of allylic oxidation sites excluding steroid dienone is 2. The fourth-order valence-electron chi connectivity index (χ4n) is 3.65. The SMILES string of the molecule is C=CCc1ccccc1C(OC(c1ccccc1CC=C)C1CO1)C1CO1. The summed E-state index contributed by atoms with van der Waals surface area (Å²) in [5.74, 6) is 0. The minimum Gasteiger partial charge on any atom is -0.370 e. The summed E-state index contributed by atoms with van der Waals surface area (Å²) in [6, 6.07) is 16.8. The Morgan fingerprint density at radius 2 is 1.22 bits per heavy atom. The van der Waals surface area contributed by atoms with Gasteiger partial charge in [0.1, 0.15) is 24.4 Å². The maximum atomic E-state index is 6.73. The highest BCUT2D eigenvalue weighted by molar-refractivity contribution is 5.34. The van der Waals surface area contributed by atoms with Gasteiger partial charge in [-0.1, -0.05) is 60.7 Å². The van der Waals surface area contributed by atoms with Crippen LogP contribution in [0.4, 0.5) is 0 Å². The van der Waals surface area contributed by atoms with Crippen molar-refractivity contribution in [3.63, 3.8) is 0 Å². The van der Waals surface area contributed by atoms with Crippen LogP contribution in [-0.2, 0) is 27.1 Å². The van der Waals surface area contributed by atoms with Crippen LogP contribution in [0.15, 0.2) is 73.8 Å². The molecule has 0 spiro atoms. The van der Waals surface area contributed by atoms with Crippen LogP contribution in [0, 0.1) is 0 Å². The zero-order valence-corrected chi connectivity index (χ0v) is 15.6. The molecule has 27 heavy (non-hydrogen) atoms. The molecule has 3 heteroatoms. The summed E-state index contributed by atoms with van der Waals surface area (Å²) in [4.78, 5) is 0. The predicted octanol–water partition coefficient (Wildman–Crippen LogP) is 4.74. The van der Waals surface area contributed by atoms with E-state index in [1.165, 1.54) is 22.3 Å². The van der Waals surface area contributed by atoms with E-state index >= 15 is 0 Å². The summed E-state index contributed by atoms with van der Waals surface area (Å²) >= 11 is 0. The van der Waals surface area contributed by atoms with E-state index in [9.17, 15) is 0 Å². The van der Waals surface area contributed by atoms with E-state index in [4.69, 9.17) is 14.2 Å². The molecule has 0 saturated carbocycles. The van der Waals surface area contributed by atoms with Crippen LogP contribution < -0.4 is 0 Å². The molecular weight excluding hydrogens is 336 g/mol. The molecule has 3 nitrogen and oxygen atoms in total. The summed E-state index contributed by atoms with van der Waals surface area (Å²) in [7, 11) is 0. The van der Waals surface area contributed by atoms with E-state index in [0.717, 1.165) is 26.1 Å². The van der Waals surface area contributed by atoms with Crippen LogP contribution in [0.2, 0.25) is 0 Å². The Morgan fingerprint density at radius 3 is 1.59 bits per heavy atom. The van der Waals surface area contributed by atoms with Crippen molar-refractivity contribution in [3.8, 4) is 0 Å². The van der Waals surface area contributed by atoms with Gasteiger partial charge in [0.15, 0.2) is 0 Å². The number of hydrogen-bond donors (Lipinski definition) is 0. The highest BCUT2D eigenvalue weighted by Crippen LogP contribution is 2.42. The van der Waals surface area contributed by atoms with Crippen molar-refractivity contribution in [1.82, 2.24) is 0 Å². The Bertz CT molecular complexity index is 737. The van der Waals surface area contributed by atoms with Gasteiger partial charge in [0.05, 0.1) is 13.2 Å². The first-order chi connectivity index (χ1) is 13.3. The molecule has 2 aliphatic heterocycles. The normalized spacial score (nSPS) is 22.7. The molecule has 0 N–H and O–H groups in total. The van der Waals surface area contributed by atoms with Crippen molar-refractivity contribution < 1.29 is 14.2 Å². The maximum Gasteiger partial charge on any atom is 0.112 e. The van der Waals surface area contributed by atoms with Gasteiger partial charge < -0.3 is 14.2 Å². The van der Waals surface area contributed by atoms with E-state index < -0.39 is 0 Å². The zero-order valence-electron chi connectivity index (χ0n) is 15.6. The Labute approximate surface area is 161 Å². The minimum absolute atomic E-state index is 0.101. The van der Waals surface area contributed by atoms with E-state index in [1.807, 2.05) is 12.2 Å². The minimum atomic E-state index is -0.105. The van der Waals surface area contributed by atoms with Crippen LogP contribution in [0.1, 0.15) is 34.5 Å². The standard InChI is InChI=1S/C24H26O3/c1-3-9-17-11-5-7-13-19(17)23(21-15-25-21)27-24(22-16-26-22)20-14-8-6-12-18(20)10-4-2/h3-8,11-14,21-24H,1-2,9-10,15-16H2. The van der Waals surface area contributed by atoms with E-state index in [-0.39, 0.29) is 24.4 Å². The zero-order chi connectivity index (χ0) is 18.6. The second kappa shape index (κ2) is 8.22. The fourth-order valence-corrected chi connectivity index (χ4v) is 3.65.